The van der Waals surface area contributed by atoms with Crippen LogP contribution in [0.15, 0.2) is 48.5 Å². The summed E-state index contributed by atoms with van der Waals surface area (Å²) >= 11 is 6.00. The molecule has 128 valence electrons. The first-order chi connectivity index (χ1) is 11.2. The summed E-state index contributed by atoms with van der Waals surface area (Å²) in [6, 6.07) is 13.0. The first-order valence-electron chi connectivity index (χ1n) is 7.14. The van der Waals surface area contributed by atoms with E-state index in [0.717, 1.165) is 11.8 Å². The number of hydrogen-bond acceptors (Lipinski definition) is 3. The molecule has 0 aliphatic rings. The Morgan fingerprint density at radius 3 is 2.50 bits per heavy atom. The number of rotatable bonds is 5. The molecule has 0 fully saturated rings. The molecule has 24 heavy (non-hydrogen) atoms. The van der Waals surface area contributed by atoms with E-state index in [9.17, 15) is 13.2 Å². The lowest BCUT2D eigenvalue weighted by molar-refractivity contribution is 0.249. The van der Waals surface area contributed by atoms with Crippen molar-refractivity contribution in [2.24, 2.45) is 0 Å². The van der Waals surface area contributed by atoms with Gasteiger partial charge in [-0.25, -0.2) is 13.2 Å². The predicted octanol–water partition coefficient (Wildman–Crippen LogP) is 3.59. The predicted molar refractivity (Wildman–Crippen MR) is 96.9 cm³/mol. The highest BCUT2D eigenvalue weighted by Crippen LogP contribution is 2.21. The summed E-state index contributed by atoms with van der Waals surface area (Å²) in [6.07, 6.45) is 1.08. The highest BCUT2D eigenvalue weighted by atomic mass is 35.5. The normalized spacial score (nSPS) is 12.3. The fourth-order valence-corrected chi connectivity index (χ4v) is 2.82. The van der Waals surface area contributed by atoms with E-state index in [0.29, 0.717) is 16.4 Å². The summed E-state index contributed by atoms with van der Waals surface area (Å²) in [5, 5.41) is 5.89. The van der Waals surface area contributed by atoms with Crippen LogP contribution < -0.4 is 15.4 Å². The van der Waals surface area contributed by atoms with Crippen LogP contribution in [0.4, 0.5) is 16.2 Å². The lowest BCUT2D eigenvalue weighted by Crippen LogP contribution is -2.31. The van der Waals surface area contributed by atoms with Crippen LogP contribution in [-0.4, -0.2) is 20.7 Å². The Kier molecular flexibility index (Phi) is 5.69. The Labute approximate surface area is 146 Å². The van der Waals surface area contributed by atoms with Gasteiger partial charge in [0.15, 0.2) is 0 Å². The van der Waals surface area contributed by atoms with Crippen LogP contribution in [0.1, 0.15) is 18.5 Å². The van der Waals surface area contributed by atoms with E-state index >= 15 is 0 Å². The van der Waals surface area contributed by atoms with Gasteiger partial charge in [0.05, 0.1) is 23.0 Å². The molecule has 8 heteroatoms. The van der Waals surface area contributed by atoms with Crippen LogP contribution in [0.5, 0.6) is 0 Å². The number of amides is 2. The Hall–Kier alpha value is -2.25. The molecule has 6 nitrogen and oxygen atoms in total. The second-order valence-corrected chi connectivity index (χ2v) is 7.46. The first kappa shape index (κ1) is 18.1. The van der Waals surface area contributed by atoms with Gasteiger partial charge in [0, 0.05) is 5.69 Å². The number of anilines is 2. The summed E-state index contributed by atoms with van der Waals surface area (Å²) in [5.41, 5.74) is 1.71. The zero-order valence-corrected chi connectivity index (χ0v) is 14.8. The smallest absolute Gasteiger partial charge is 0.319 e. The Balaban J connectivity index is 2.04. The quantitative estimate of drug-likeness (QED) is 0.754. The summed E-state index contributed by atoms with van der Waals surface area (Å²) in [7, 11) is -3.35. The summed E-state index contributed by atoms with van der Waals surface area (Å²) in [4.78, 5) is 12.1. The minimum atomic E-state index is -3.35. The number of carbonyl (C=O) groups is 1. The van der Waals surface area contributed by atoms with Crippen molar-refractivity contribution in [1.82, 2.24) is 5.32 Å². The van der Waals surface area contributed by atoms with E-state index in [4.69, 9.17) is 11.6 Å². The number of halogens is 1. The molecule has 1 atom stereocenters. The van der Waals surface area contributed by atoms with E-state index in [1.54, 1.807) is 55.5 Å². The van der Waals surface area contributed by atoms with Crippen molar-refractivity contribution in [3.05, 3.63) is 59.1 Å². The molecule has 3 N–H and O–H groups in total. The van der Waals surface area contributed by atoms with Crippen molar-refractivity contribution >= 4 is 39.0 Å². The fourth-order valence-electron chi connectivity index (χ4n) is 2.09. The lowest BCUT2D eigenvalue weighted by atomic mass is 10.1. The largest absolute Gasteiger partial charge is 0.331 e. The van der Waals surface area contributed by atoms with Crippen molar-refractivity contribution in [2.45, 2.75) is 13.0 Å². The van der Waals surface area contributed by atoms with Crippen LogP contribution in [0.2, 0.25) is 5.02 Å². The van der Waals surface area contributed by atoms with E-state index in [-0.39, 0.29) is 6.04 Å². The Bertz CT molecular complexity index is 840. The van der Waals surface area contributed by atoms with Crippen LogP contribution >= 0.6 is 11.6 Å². The SMILES string of the molecule is C[C@H](NC(=O)Nc1ccccc1Cl)c1cccc(NS(C)(=O)=O)c1. The van der Waals surface area contributed by atoms with Gasteiger partial charge in [-0.1, -0.05) is 35.9 Å². The highest BCUT2D eigenvalue weighted by molar-refractivity contribution is 7.92. The third-order valence-electron chi connectivity index (χ3n) is 3.16. The highest BCUT2D eigenvalue weighted by Gasteiger charge is 2.12. The van der Waals surface area contributed by atoms with Crippen LogP contribution in [0.25, 0.3) is 0 Å². The maximum atomic E-state index is 12.1. The molecule has 0 radical (unpaired) electrons. The molecule has 0 aliphatic heterocycles. The molecule has 2 amide bonds. The minimum Gasteiger partial charge on any atom is -0.331 e. The molecular formula is C16H18ClN3O3S. The standard InChI is InChI=1S/C16H18ClN3O3S/c1-11(12-6-5-7-13(10-12)20-24(2,22)23)18-16(21)19-15-9-4-3-8-14(15)17/h3-11,20H,1-2H3,(H2,18,19,21)/t11-/m0/s1. The number of carbonyl (C=O) groups excluding carboxylic acids is 1. The van der Waals surface area contributed by atoms with Gasteiger partial charge in [-0.3, -0.25) is 4.72 Å². The second-order valence-electron chi connectivity index (χ2n) is 5.30. The van der Waals surface area contributed by atoms with Gasteiger partial charge in [0.2, 0.25) is 10.0 Å². The summed E-state index contributed by atoms with van der Waals surface area (Å²) in [5.74, 6) is 0. The Morgan fingerprint density at radius 2 is 1.83 bits per heavy atom. The maximum Gasteiger partial charge on any atom is 0.319 e. The van der Waals surface area contributed by atoms with Crippen molar-refractivity contribution in [3.63, 3.8) is 0 Å². The monoisotopic (exact) mass is 367 g/mol. The van der Waals surface area contributed by atoms with Gasteiger partial charge in [0.25, 0.3) is 0 Å². The van der Waals surface area contributed by atoms with Crippen LogP contribution in [-0.2, 0) is 10.0 Å². The number of hydrogen-bond donors (Lipinski definition) is 3. The summed E-state index contributed by atoms with van der Waals surface area (Å²) < 4.78 is 25.0. The topological polar surface area (TPSA) is 87.3 Å². The van der Waals surface area contributed by atoms with E-state index < -0.39 is 16.1 Å². The van der Waals surface area contributed by atoms with E-state index in [1.807, 2.05) is 0 Å². The number of nitrogens with one attached hydrogen (secondary N) is 3. The van der Waals surface area contributed by atoms with Crippen LogP contribution in [0.3, 0.4) is 0 Å². The fraction of sp³-hybridized carbons (Fsp3) is 0.188. The number of benzene rings is 2. The molecule has 2 aromatic carbocycles. The molecule has 2 rings (SSSR count). The second kappa shape index (κ2) is 7.55. The van der Waals surface area contributed by atoms with Crippen molar-refractivity contribution in [3.8, 4) is 0 Å². The van der Waals surface area contributed by atoms with Crippen LogP contribution in [0, 0.1) is 0 Å². The van der Waals surface area contributed by atoms with Gasteiger partial charge >= 0.3 is 6.03 Å². The third-order valence-corrected chi connectivity index (χ3v) is 4.10. The maximum absolute atomic E-state index is 12.1. The summed E-state index contributed by atoms with van der Waals surface area (Å²) in [6.45, 7) is 1.80. The molecule has 0 aromatic heterocycles. The molecule has 0 unspecified atom stereocenters. The molecule has 0 bridgehead atoms. The van der Waals surface area contributed by atoms with Gasteiger partial charge < -0.3 is 10.6 Å². The molecule has 0 aliphatic carbocycles. The van der Waals surface area contributed by atoms with Gasteiger partial charge in [-0.15, -0.1) is 0 Å². The lowest BCUT2D eigenvalue weighted by Gasteiger charge is -2.16. The van der Waals surface area contributed by atoms with Gasteiger partial charge in [-0.2, -0.15) is 0 Å². The Morgan fingerprint density at radius 1 is 1.12 bits per heavy atom. The number of urea groups is 1. The zero-order valence-electron chi connectivity index (χ0n) is 13.2. The first-order valence-corrected chi connectivity index (χ1v) is 9.41. The third kappa shape index (κ3) is 5.43. The molecule has 2 aromatic rings. The minimum absolute atomic E-state index is 0.325. The van der Waals surface area contributed by atoms with Crippen molar-refractivity contribution < 1.29 is 13.2 Å². The molecule has 0 spiro atoms. The average molecular weight is 368 g/mol. The van der Waals surface area contributed by atoms with E-state index in [2.05, 4.69) is 15.4 Å². The van der Waals surface area contributed by atoms with Crippen molar-refractivity contribution in [1.29, 1.82) is 0 Å². The number of para-hydroxylation sites is 1. The molecular weight excluding hydrogens is 350 g/mol. The zero-order chi connectivity index (χ0) is 17.7. The van der Waals surface area contributed by atoms with Crippen molar-refractivity contribution in [2.75, 3.05) is 16.3 Å². The van der Waals surface area contributed by atoms with Gasteiger partial charge in [-0.05, 0) is 36.8 Å². The van der Waals surface area contributed by atoms with Gasteiger partial charge in [0.1, 0.15) is 0 Å². The number of sulfonamides is 1. The average Bonchev–Trinajstić information content (AvgIpc) is 2.48. The molecule has 0 saturated heterocycles. The molecule has 0 saturated carbocycles. The molecule has 0 heterocycles. The van der Waals surface area contributed by atoms with E-state index in [1.165, 1.54) is 0 Å².